The normalized spacial score (nSPS) is 10.3. The lowest BCUT2D eigenvalue weighted by Gasteiger charge is -2.21. The summed E-state index contributed by atoms with van der Waals surface area (Å²) in [5.74, 6) is 1.62. The van der Waals surface area contributed by atoms with E-state index in [1.54, 1.807) is 7.11 Å². The van der Waals surface area contributed by atoms with Gasteiger partial charge in [-0.15, -0.1) is 0 Å². The molecule has 0 amide bonds. The Morgan fingerprint density at radius 3 is 2.58 bits per heavy atom. The molecule has 0 aliphatic rings. The van der Waals surface area contributed by atoms with E-state index in [-0.39, 0.29) is 6.61 Å². The van der Waals surface area contributed by atoms with Gasteiger partial charge < -0.3 is 14.7 Å². The summed E-state index contributed by atoms with van der Waals surface area (Å²) in [6.07, 6.45) is 0. The predicted molar refractivity (Wildman–Crippen MR) is 76.0 cm³/mol. The lowest BCUT2D eigenvalue weighted by molar-refractivity contribution is 0.280. The summed E-state index contributed by atoms with van der Waals surface area (Å²) >= 11 is 0. The number of rotatable bonds is 4. The van der Waals surface area contributed by atoms with Crippen LogP contribution in [-0.2, 0) is 6.61 Å². The summed E-state index contributed by atoms with van der Waals surface area (Å²) in [5, 5.41) is 9.17. The summed E-state index contributed by atoms with van der Waals surface area (Å²) < 4.78 is 5.35. The molecule has 0 bridgehead atoms. The van der Waals surface area contributed by atoms with E-state index in [0.29, 0.717) is 0 Å². The lowest BCUT2D eigenvalue weighted by Crippen LogP contribution is -2.13. The van der Waals surface area contributed by atoms with Gasteiger partial charge in [-0.1, -0.05) is 18.2 Å². The highest BCUT2D eigenvalue weighted by atomic mass is 16.5. The third-order valence-corrected chi connectivity index (χ3v) is 3.14. The van der Waals surface area contributed by atoms with Crippen LogP contribution in [0, 0.1) is 6.92 Å². The molecule has 1 N–H and O–H groups in total. The van der Waals surface area contributed by atoms with Gasteiger partial charge in [0.15, 0.2) is 0 Å². The first kappa shape index (κ1) is 13.4. The van der Waals surface area contributed by atoms with Crippen LogP contribution in [-0.4, -0.2) is 24.2 Å². The number of nitrogens with zero attached hydrogens (tertiary/aromatic N) is 2. The molecule has 2 rings (SSSR count). The Morgan fingerprint density at radius 1 is 1.21 bits per heavy atom. The second kappa shape index (κ2) is 5.71. The first-order chi connectivity index (χ1) is 9.17. The van der Waals surface area contributed by atoms with Crippen LogP contribution in [0.1, 0.15) is 11.3 Å². The topological polar surface area (TPSA) is 45.6 Å². The van der Waals surface area contributed by atoms with Crippen molar-refractivity contribution in [1.29, 1.82) is 0 Å². The molecule has 0 spiro atoms. The summed E-state index contributed by atoms with van der Waals surface area (Å²) in [7, 11) is 3.60. The lowest BCUT2D eigenvalue weighted by atomic mass is 10.2. The second-order valence-electron chi connectivity index (χ2n) is 4.30. The van der Waals surface area contributed by atoms with Crippen LogP contribution in [0.4, 0.5) is 11.5 Å². The van der Waals surface area contributed by atoms with Crippen molar-refractivity contribution >= 4 is 11.5 Å². The number of methoxy groups -OCH3 is 1. The molecule has 0 radical (unpaired) electrons. The summed E-state index contributed by atoms with van der Waals surface area (Å²) in [6.45, 7) is 1.91. The first-order valence-corrected chi connectivity index (χ1v) is 6.11. The monoisotopic (exact) mass is 258 g/mol. The largest absolute Gasteiger partial charge is 0.495 e. The maximum Gasteiger partial charge on any atom is 0.142 e. The molecule has 1 heterocycles. The molecule has 0 saturated carbocycles. The molecule has 0 fully saturated rings. The van der Waals surface area contributed by atoms with Gasteiger partial charge in [0.25, 0.3) is 0 Å². The number of pyridine rings is 1. The summed E-state index contributed by atoms with van der Waals surface area (Å²) in [5.41, 5.74) is 2.63. The Hall–Kier alpha value is -2.07. The smallest absolute Gasteiger partial charge is 0.142 e. The van der Waals surface area contributed by atoms with Gasteiger partial charge in [0.2, 0.25) is 0 Å². The SMILES string of the molecule is COc1ccccc1N(C)c1ccc(CO)c(C)n1. The van der Waals surface area contributed by atoms with E-state index in [0.717, 1.165) is 28.5 Å². The van der Waals surface area contributed by atoms with Crippen molar-refractivity contribution < 1.29 is 9.84 Å². The number of hydrogen-bond donors (Lipinski definition) is 1. The average Bonchev–Trinajstić information content (AvgIpc) is 2.46. The molecule has 4 heteroatoms. The second-order valence-corrected chi connectivity index (χ2v) is 4.30. The first-order valence-electron chi connectivity index (χ1n) is 6.11. The highest BCUT2D eigenvalue weighted by molar-refractivity contribution is 5.66. The molecular weight excluding hydrogens is 240 g/mol. The van der Waals surface area contributed by atoms with E-state index in [9.17, 15) is 5.11 Å². The molecule has 0 saturated heterocycles. The Kier molecular flexibility index (Phi) is 4.02. The van der Waals surface area contributed by atoms with Crippen LogP contribution < -0.4 is 9.64 Å². The number of aromatic nitrogens is 1. The van der Waals surface area contributed by atoms with E-state index >= 15 is 0 Å². The van der Waals surface area contributed by atoms with Crippen LogP contribution in [0.3, 0.4) is 0 Å². The fourth-order valence-corrected chi connectivity index (χ4v) is 1.96. The fourth-order valence-electron chi connectivity index (χ4n) is 1.96. The van der Waals surface area contributed by atoms with E-state index in [1.807, 2.05) is 55.3 Å². The van der Waals surface area contributed by atoms with E-state index in [1.165, 1.54) is 0 Å². The maximum atomic E-state index is 9.17. The van der Waals surface area contributed by atoms with Crippen molar-refractivity contribution in [1.82, 2.24) is 4.98 Å². The molecule has 0 aliphatic heterocycles. The Labute approximate surface area is 113 Å². The van der Waals surface area contributed by atoms with Crippen LogP contribution in [0.15, 0.2) is 36.4 Å². The minimum atomic E-state index is 0.0114. The number of benzene rings is 1. The van der Waals surface area contributed by atoms with E-state index in [2.05, 4.69) is 4.98 Å². The highest BCUT2D eigenvalue weighted by Gasteiger charge is 2.11. The molecule has 4 nitrogen and oxygen atoms in total. The Balaban J connectivity index is 2.38. The van der Waals surface area contributed by atoms with Crippen molar-refractivity contribution in [2.24, 2.45) is 0 Å². The number of aliphatic hydroxyl groups is 1. The molecule has 2 aromatic rings. The number of aliphatic hydroxyl groups excluding tert-OH is 1. The highest BCUT2D eigenvalue weighted by Crippen LogP contribution is 2.31. The third kappa shape index (κ3) is 2.69. The predicted octanol–water partition coefficient (Wildman–Crippen LogP) is 2.66. The van der Waals surface area contributed by atoms with Crippen molar-refractivity contribution in [3.63, 3.8) is 0 Å². The van der Waals surface area contributed by atoms with Crippen molar-refractivity contribution in [2.75, 3.05) is 19.1 Å². The van der Waals surface area contributed by atoms with Crippen molar-refractivity contribution in [3.8, 4) is 5.75 Å². The number of anilines is 2. The number of aryl methyl sites for hydroxylation is 1. The van der Waals surface area contributed by atoms with Gasteiger partial charge in [-0.05, 0) is 30.7 Å². The quantitative estimate of drug-likeness (QED) is 0.915. The third-order valence-electron chi connectivity index (χ3n) is 3.14. The Morgan fingerprint density at radius 2 is 1.95 bits per heavy atom. The van der Waals surface area contributed by atoms with Gasteiger partial charge in [0, 0.05) is 12.7 Å². The van der Waals surface area contributed by atoms with Crippen molar-refractivity contribution in [2.45, 2.75) is 13.5 Å². The maximum absolute atomic E-state index is 9.17. The van der Waals surface area contributed by atoms with Crippen LogP contribution in [0.5, 0.6) is 5.75 Å². The molecule has 0 atom stereocenters. The average molecular weight is 258 g/mol. The molecular formula is C15H18N2O2. The number of para-hydroxylation sites is 2. The summed E-state index contributed by atoms with van der Waals surface area (Å²) in [6, 6.07) is 11.6. The van der Waals surface area contributed by atoms with Crippen molar-refractivity contribution in [3.05, 3.63) is 47.7 Å². The van der Waals surface area contributed by atoms with Gasteiger partial charge in [-0.2, -0.15) is 0 Å². The van der Waals surface area contributed by atoms with Crippen LogP contribution in [0.25, 0.3) is 0 Å². The summed E-state index contributed by atoms with van der Waals surface area (Å²) in [4.78, 5) is 6.47. The molecule has 19 heavy (non-hydrogen) atoms. The molecule has 1 aromatic carbocycles. The molecule has 100 valence electrons. The van der Waals surface area contributed by atoms with Crippen LogP contribution >= 0.6 is 0 Å². The van der Waals surface area contributed by atoms with Gasteiger partial charge in [-0.3, -0.25) is 0 Å². The van der Waals surface area contributed by atoms with Gasteiger partial charge in [-0.25, -0.2) is 4.98 Å². The number of ether oxygens (including phenoxy) is 1. The zero-order chi connectivity index (χ0) is 13.8. The minimum absolute atomic E-state index is 0.0114. The molecule has 1 aromatic heterocycles. The van der Waals surface area contributed by atoms with Gasteiger partial charge in [0.05, 0.1) is 19.4 Å². The van der Waals surface area contributed by atoms with Crippen LogP contribution in [0.2, 0.25) is 0 Å². The standard InChI is InChI=1S/C15H18N2O2/c1-11-12(10-18)8-9-15(16-11)17(2)13-6-4-5-7-14(13)19-3/h4-9,18H,10H2,1-3H3. The minimum Gasteiger partial charge on any atom is -0.495 e. The van der Waals surface area contributed by atoms with Gasteiger partial charge in [0.1, 0.15) is 11.6 Å². The van der Waals surface area contributed by atoms with Gasteiger partial charge >= 0.3 is 0 Å². The fraction of sp³-hybridized carbons (Fsp3) is 0.267. The number of hydrogen-bond acceptors (Lipinski definition) is 4. The zero-order valence-electron chi connectivity index (χ0n) is 11.4. The Bertz CT molecular complexity index is 570. The zero-order valence-corrected chi connectivity index (χ0v) is 11.4. The molecule has 0 aliphatic carbocycles. The van der Waals surface area contributed by atoms with E-state index < -0.39 is 0 Å². The van der Waals surface area contributed by atoms with E-state index in [4.69, 9.17) is 4.74 Å². The molecule has 0 unspecified atom stereocenters.